The van der Waals surface area contributed by atoms with Gasteiger partial charge in [0.25, 0.3) is 0 Å². The number of fused-ring (bicyclic) bond motifs is 3. The van der Waals surface area contributed by atoms with Crippen LogP contribution in [0.1, 0.15) is 5.69 Å². The molecular weight excluding hydrogens is 298 g/mol. The number of nitrogen functional groups attached to an aromatic ring is 1. The molecule has 0 bridgehead atoms. The third-order valence-corrected chi connectivity index (χ3v) is 4.01. The van der Waals surface area contributed by atoms with E-state index >= 15 is 0 Å². The van der Waals surface area contributed by atoms with E-state index in [2.05, 4.69) is 15.3 Å². The average molecular weight is 310 g/mol. The number of aromatic nitrogens is 4. The summed E-state index contributed by atoms with van der Waals surface area (Å²) in [5, 5.41) is 15.8. The van der Waals surface area contributed by atoms with Crippen molar-refractivity contribution < 1.29 is 0 Å². The molecular formula is C16H12ClN5. The van der Waals surface area contributed by atoms with Gasteiger partial charge in [-0.2, -0.15) is 9.61 Å². The maximum Gasteiger partial charge on any atom is 0.186 e. The van der Waals surface area contributed by atoms with E-state index in [-0.39, 0.29) is 0 Å². The van der Waals surface area contributed by atoms with Gasteiger partial charge in [-0.3, -0.25) is 0 Å². The quantitative estimate of drug-likeness (QED) is 0.546. The van der Waals surface area contributed by atoms with Gasteiger partial charge >= 0.3 is 0 Å². The van der Waals surface area contributed by atoms with Crippen LogP contribution in [0.3, 0.4) is 0 Å². The topological polar surface area (TPSA) is 69.1 Å². The number of nitrogens with zero attached hydrogens (tertiary/aromatic N) is 4. The average Bonchev–Trinajstić information content (AvgIpc) is 2.94. The number of hydrogen-bond donors (Lipinski definition) is 1. The highest BCUT2D eigenvalue weighted by atomic mass is 35.5. The lowest BCUT2D eigenvalue weighted by Crippen LogP contribution is -1.99. The highest BCUT2D eigenvalue weighted by Gasteiger charge is 2.16. The largest absolute Gasteiger partial charge is 0.399 e. The van der Waals surface area contributed by atoms with Crippen molar-refractivity contribution >= 4 is 33.7 Å². The van der Waals surface area contributed by atoms with E-state index in [0.29, 0.717) is 22.2 Å². The second-order valence-corrected chi connectivity index (χ2v) is 5.54. The van der Waals surface area contributed by atoms with E-state index < -0.39 is 0 Å². The van der Waals surface area contributed by atoms with Crippen molar-refractivity contribution in [2.75, 3.05) is 5.73 Å². The number of anilines is 1. The first-order valence-electron chi connectivity index (χ1n) is 6.81. The summed E-state index contributed by atoms with van der Waals surface area (Å²) in [5.74, 6) is 0.584. The van der Waals surface area contributed by atoms with Gasteiger partial charge in [0.05, 0.1) is 10.7 Å². The van der Waals surface area contributed by atoms with Crippen molar-refractivity contribution in [2.45, 2.75) is 6.92 Å². The number of benzene rings is 2. The molecule has 0 saturated carbocycles. The second-order valence-electron chi connectivity index (χ2n) is 5.13. The van der Waals surface area contributed by atoms with Gasteiger partial charge in [0.15, 0.2) is 11.5 Å². The van der Waals surface area contributed by atoms with Gasteiger partial charge in [0, 0.05) is 22.0 Å². The van der Waals surface area contributed by atoms with Gasteiger partial charge < -0.3 is 5.73 Å². The maximum atomic E-state index is 6.28. The molecule has 4 aromatic rings. The Morgan fingerprint density at radius 2 is 1.82 bits per heavy atom. The van der Waals surface area contributed by atoms with E-state index in [0.717, 1.165) is 22.0 Å². The van der Waals surface area contributed by atoms with Gasteiger partial charge in [-0.05, 0) is 25.1 Å². The summed E-state index contributed by atoms with van der Waals surface area (Å²) in [5.41, 5.74) is 8.81. The molecule has 2 aromatic carbocycles. The van der Waals surface area contributed by atoms with Crippen molar-refractivity contribution in [1.82, 2.24) is 19.8 Å². The summed E-state index contributed by atoms with van der Waals surface area (Å²) in [6.07, 6.45) is 0. The van der Waals surface area contributed by atoms with Crippen LogP contribution < -0.4 is 5.73 Å². The van der Waals surface area contributed by atoms with Crippen molar-refractivity contribution in [3.63, 3.8) is 0 Å². The fourth-order valence-corrected chi connectivity index (χ4v) is 2.82. The zero-order chi connectivity index (χ0) is 15.3. The minimum absolute atomic E-state index is 0.566. The number of hydrogen-bond acceptors (Lipinski definition) is 4. The monoisotopic (exact) mass is 309 g/mol. The molecule has 0 aliphatic rings. The van der Waals surface area contributed by atoms with E-state index in [1.54, 1.807) is 22.7 Å². The molecule has 2 aromatic heterocycles. The number of halogens is 1. The van der Waals surface area contributed by atoms with Crippen LogP contribution in [-0.2, 0) is 0 Å². The Morgan fingerprint density at radius 1 is 1.05 bits per heavy atom. The second kappa shape index (κ2) is 4.68. The van der Waals surface area contributed by atoms with Crippen LogP contribution in [0.25, 0.3) is 27.8 Å². The lowest BCUT2D eigenvalue weighted by molar-refractivity contribution is 0.915. The van der Waals surface area contributed by atoms with Gasteiger partial charge in [0.1, 0.15) is 0 Å². The predicted octanol–water partition coefficient (Wildman–Crippen LogP) is 3.49. The molecule has 0 fully saturated rings. The Kier molecular flexibility index (Phi) is 2.77. The lowest BCUT2D eigenvalue weighted by atomic mass is 10.1. The van der Waals surface area contributed by atoms with Gasteiger partial charge in [-0.1, -0.05) is 35.9 Å². The molecule has 0 radical (unpaired) electrons. The van der Waals surface area contributed by atoms with Crippen LogP contribution in [-0.4, -0.2) is 19.8 Å². The number of nitrogens with two attached hydrogens (primary N) is 1. The summed E-state index contributed by atoms with van der Waals surface area (Å²) in [4.78, 5) is 0. The zero-order valence-corrected chi connectivity index (χ0v) is 12.5. The highest BCUT2D eigenvalue weighted by molar-refractivity contribution is 6.33. The number of aryl methyl sites for hydroxylation is 1. The summed E-state index contributed by atoms with van der Waals surface area (Å²) in [6, 6.07) is 13.3. The molecule has 0 aliphatic carbocycles. The molecule has 2 heterocycles. The minimum Gasteiger partial charge on any atom is -0.399 e. The molecule has 22 heavy (non-hydrogen) atoms. The van der Waals surface area contributed by atoms with Crippen LogP contribution in [0.4, 0.5) is 5.69 Å². The molecule has 108 valence electrons. The molecule has 5 nitrogen and oxygen atoms in total. The smallest absolute Gasteiger partial charge is 0.186 e. The Balaban J connectivity index is 2.11. The lowest BCUT2D eigenvalue weighted by Gasteiger charge is -2.06. The van der Waals surface area contributed by atoms with Gasteiger partial charge in [0.2, 0.25) is 0 Å². The Morgan fingerprint density at radius 3 is 2.64 bits per heavy atom. The normalized spacial score (nSPS) is 11.4. The first kappa shape index (κ1) is 13.0. The van der Waals surface area contributed by atoms with Crippen LogP contribution >= 0.6 is 11.6 Å². The molecule has 0 aliphatic heterocycles. The maximum absolute atomic E-state index is 6.28. The van der Waals surface area contributed by atoms with Crippen molar-refractivity contribution in [2.24, 2.45) is 0 Å². The van der Waals surface area contributed by atoms with Crippen LogP contribution in [0, 0.1) is 6.92 Å². The Bertz CT molecular complexity index is 1020. The summed E-state index contributed by atoms with van der Waals surface area (Å²) >= 11 is 6.28. The highest BCUT2D eigenvalue weighted by Crippen LogP contribution is 2.30. The van der Waals surface area contributed by atoms with Crippen LogP contribution in [0.15, 0.2) is 42.5 Å². The molecule has 6 heteroatoms. The van der Waals surface area contributed by atoms with E-state index in [1.807, 2.05) is 31.2 Å². The molecule has 0 atom stereocenters. The third-order valence-electron chi connectivity index (χ3n) is 3.68. The molecule has 4 rings (SSSR count). The fraction of sp³-hybridized carbons (Fsp3) is 0.0625. The predicted molar refractivity (Wildman–Crippen MR) is 87.9 cm³/mol. The number of rotatable bonds is 1. The third kappa shape index (κ3) is 1.83. The summed E-state index contributed by atoms with van der Waals surface area (Å²) in [7, 11) is 0. The SMILES string of the molecule is Cc1nn2c(-c3cc(N)ccc3Cl)nnc2c2ccccc12. The first-order chi connectivity index (χ1) is 10.6. The van der Waals surface area contributed by atoms with E-state index in [4.69, 9.17) is 17.3 Å². The van der Waals surface area contributed by atoms with E-state index in [1.165, 1.54) is 0 Å². The minimum atomic E-state index is 0.566. The summed E-state index contributed by atoms with van der Waals surface area (Å²) < 4.78 is 1.72. The van der Waals surface area contributed by atoms with Crippen molar-refractivity contribution in [1.29, 1.82) is 0 Å². The van der Waals surface area contributed by atoms with Gasteiger partial charge in [-0.15, -0.1) is 10.2 Å². The van der Waals surface area contributed by atoms with Crippen molar-refractivity contribution in [3.8, 4) is 11.4 Å². The molecule has 0 amide bonds. The Hall–Kier alpha value is -2.66. The fourth-order valence-electron chi connectivity index (χ4n) is 2.62. The van der Waals surface area contributed by atoms with E-state index in [9.17, 15) is 0 Å². The van der Waals surface area contributed by atoms with Crippen LogP contribution in [0.2, 0.25) is 5.02 Å². The van der Waals surface area contributed by atoms with Crippen LogP contribution in [0.5, 0.6) is 0 Å². The Labute approximate surface area is 131 Å². The molecule has 0 unspecified atom stereocenters. The molecule has 0 spiro atoms. The standard InChI is InChI=1S/C16H12ClN5/c1-9-11-4-2-3-5-12(11)15-19-20-16(22(15)21-9)13-8-10(18)6-7-14(13)17/h2-8H,18H2,1H3. The molecule has 2 N–H and O–H groups in total. The molecule has 0 saturated heterocycles. The van der Waals surface area contributed by atoms with Gasteiger partial charge in [-0.25, -0.2) is 0 Å². The first-order valence-corrected chi connectivity index (χ1v) is 7.19. The van der Waals surface area contributed by atoms with Crippen molar-refractivity contribution in [3.05, 3.63) is 53.2 Å². The summed E-state index contributed by atoms with van der Waals surface area (Å²) in [6.45, 7) is 1.96. The zero-order valence-electron chi connectivity index (χ0n) is 11.8.